The van der Waals surface area contributed by atoms with Crippen LogP contribution >= 0.6 is 11.6 Å². The molecule has 0 aliphatic carbocycles. The first kappa shape index (κ1) is 12.4. The van der Waals surface area contributed by atoms with Crippen molar-refractivity contribution in [3.63, 3.8) is 0 Å². The summed E-state index contributed by atoms with van der Waals surface area (Å²) in [5.74, 6) is -1.27. The molecular formula is C12H9ClFNO3. The Bertz CT molecular complexity index is 582. The fourth-order valence-electron chi connectivity index (χ4n) is 1.46. The monoisotopic (exact) mass is 269 g/mol. The summed E-state index contributed by atoms with van der Waals surface area (Å²) in [6.45, 7) is 0.177. The quantitative estimate of drug-likeness (QED) is 0.893. The highest BCUT2D eigenvalue weighted by molar-refractivity contribution is 6.31. The number of aromatic carboxylic acids is 1. The zero-order chi connectivity index (χ0) is 13.1. The zero-order valence-corrected chi connectivity index (χ0v) is 9.87. The predicted octanol–water partition coefficient (Wildman–Crippen LogP) is 3.38. The van der Waals surface area contributed by atoms with Crippen LogP contribution in [0.3, 0.4) is 0 Å². The molecule has 4 nitrogen and oxygen atoms in total. The molecule has 0 aliphatic heterocycles. The van der Waals surface area contributed by atoms with Gasteiger partial charge < -0.3 is 14.8 Å². The van der Waals surface area contributed by atoms with Crippen molar-refractivity contribution in [1.82, 2.24) is 0 Å². The van der Waals surface area contributed by atoms with Crippen LogP contribution in [0.5, 0.6) is 0 Å². The molecule has 0 amide bonds. The predicted molar refractivity (Wildman–Crippen MR) is 64.4 cm³/mol. The highest BCUT2D eigenvalue weighted by atomic mass is 35.5. The standard InChI is InChI=1S/C12H9ClFNO3/c13-9-5-7(1-2-10(9)14)15-6-11-8(12(16)17)3-4-18-11/h1-5,15H,6H2,(H,16,17). The molecule has 0 spiro atoms. The van der Waals surface area contributed by atoms with Gasteiger partial charge in [0.2, 0.25) is 0 Å². The number of rotatable bonds is 4. The number of hydrogen-bond acceptors (Lipinski definition) is 3. The molecule has 6 heteroatoms. The van der Waals surface area contributed by atoms with Crippen LogP contribution < -0.4 is 5.32 Å². The van der Waals surface area contributed by atoms with Gasteiger partial charge in [-0.1, -0.05) is 11.6 Å². The number of nitrogens with one attached hydrogen (secondary N) is 1. The van der Waals surface area contributed by atoms with Gasteiger partial charge in [-0.25, -0.2) is 9.18 Å². The molecule has 2 N–H and O–H groups in total. The molecule has 18 heavy (non-hydrogen) atoms. The number of anilines is 1. The normalized spacial score (nSPS) is 10.3. The minimum Gasteiger partial charge on any atom is -0.478 e. The Morgan fingerprint density at radius 1 is 1.44 bits per heavy atom. The van der Waals surface area contributed by atoms with Crippen molar-refractivity contribution in [2.24, 2.45) is 0 Å². The topological polar surface area (TPSA) is 62.5 Å². The van der Waals surface area contributed by atoms with E-state index in [2.05, 4.69) is 5.32 Å². The summed E-state index contributed by atoms with van der Waals surface area (Å²) in [7, 11) is 0. The Morgan fingerprint density at radius 3 is 2.89 bits per heavy atom. The molecule has 0 bridgehead atoms. The second-order valence-electron chi connectivity index (χ2n) is 3.55. The molecule has 0 radical (unpaired) electrons. The number of benzene rings is 1. The van der Waals surface area contributed by atoms with Gasteiger partial charge in [0.15, 0.2) is 0 Å². The minimum absolute atomic E-state index is 0.00194. The summed E-state index contributed by atoms with van der Waals surface area (Å²) in [6, 6.07) is 5.52. The van der Waals surface area contributed by atoms with Crippen LogP contribution in [0.15, 0.2) is 34.9 Å². The van der Waals surface area contributed by atoms with E-state index in [4.69, 9.17) is 21.1 Å². The number of carboxylic acid groups (broad SMARTS) is 1. The Morgan fingerprint density at radius 2 is 2.22 bits per heavy atom. The number of hydrogen-bond donors (Lipinski definition) is 2. The lowest BCUT2D eigenvalue weighted by Crippen LogP contribution is -2.04. The van der Waals surface area contributed by atoms with Gasteiger partial charge in [-0.2, -0.15) is 0 Å². The summed E-state index contributed by atoms with van der Waals surface area (Å²) in [4.78, 5) is 10.8. The van der Waals surface area contributed by atoms with E-state index >= 15 is 0 Å². The molecular weight excluding hydrogens is 261 g/mol. The molecule has 0 aliphatic rings. The molecule has 0 atom stereocenters. The highest BCUT2D eigenvalue weighted by Crippen LogP contribution is 2.20. The summed E-state index contributed by atoms with van der Waals surface area (Å²) in [5, 5.41) is 11.8. The average Bonchev–Trinajstić information content (AvgIpc) is 2.79. The maximum Gasteiger partial charge on any atom is 0.339 e. The van der Waals surface area contributed by atoms with Gasteiger partial charge >= 0.3 is 5.97 Å². The third-order valence-corrected chi connectivity index (χ3v) is 2.64. The Kier molecular flexibility index (Phi) is 3.53. The molecule has 0 saturated carbocycles. The van der Waals surface area contributed by atoms with Crippen molar-refractivity contribution in [3.05, 3.63) is 52.7 Å². The second-order valence-corrected chi connectivity index (χ2v) is 3.95. The van der Waals surface area contributed by atoms with E-state index < -0.39 is 11.8 Å². The molecule has 2 rings (SSSR count). The van der Waals surface area contributed by atoms with Crippen LogP contribution in [-0.4, -0.2) is 11.1 Å². The molecule has 0 unspecified atom stereocenters. The third kappa shape index (κ3) is 2.62. The number of carbonyl (C=O) groups is 1. The van der Waals surface area contributed by atoms with Gasteiger partial charge in [0, 0.05) is 5.69 Å². The number of carboxylic acids is 1. The fourth-order valence-corrected chi connectivity index (χ4v) is 1.64. The van der Waals surface area contributed by atoms with E-state index in [1.807, 2.05) is 0 Å². The van der Waals surface area contributed by atoms with E-state index in [9.17, 15) is 9.18 Å². The second kappa shape index (κ2) is 5.10. The SMILES string of the molecule is O=C(O)c1ccoc1CNc1ccc(F)c(Cl)c1. The van der Waals surface area contributed by atoms with Gasteiger partial charge in [-0.05, 0) is 24.3 Å². The van der Waals surface area contributed by atoms with Crippen LogP contribution in [0.4, 0.5) is 10.1 Å². The van der Waals surface area contributed by atoms with E-state index in [0.717, 1.165) is 0 Å². The zero-order valence-electron chi connectivity index (χ0n) is 9.11. The molecule has 94 valence electrons. The van der Waals surface area contributed by atoms with Gasteiger partial charge in [0.1, 0.15) is 17.1 Å². The fraction of sp³-hybridized carbons (Fsp3) is 0.0833. The summed E-state index contributed by atoms with van der Waals surface area (Å²) in [5.41, 5.74) is 0.671. The summed E-state index contributed by atoms with van der Waals surface area (Å²) < 4.78 is 18.0. The van der Waals surface area contributed by atoms with E-state index in [0.29, 0.717) is 11.4 Å². The minimum atomic E-state index is -1.06. The maximum absolute atomic E-state index is 12.9. The Labute approximate surface area is 107 Å². The van der Waals surface area contributed by atoms with Gasteiger partial charge in [-0.15, -0.1) is 0 Å². The van der Waals surface area contributed by atoms with Crippen molar-refractivity contribution in [2.45, 2.75) is 6.54 Å². The average molecular weight is 270 g/mol. The molecule has 1 heterocycles. The van der Waals surface area contributed by atoms with Gasteiger partial charge in [-0.3, -0.25) is 0 Å². The van der Waals surface area contributed by atoms with Crippen molar-refractivity contribution in [2.75, 3.05) is 5.32 Å². The van der Waals surface area contributed by atoms with Crippen LogP contribution in [0, 0.1) is 5.82 Å². The van der Waals surface area contributed by atoms with Crippen molar-refractivity contribution >= 4 is 23.3 Å². The van der Waals surface area contributed by atoms with Crippen LogP contribution in [0.1, 0.15) is 16.1 Å². The van der Waals surface area contributed by atoms with Crippen molar-refractivity contribution in [3.8, 4) is 0 Å². The number of furan rings is 1. The molecule has 0 saturated heterocycles. The third-order valence-electron chi connectivity index (χ3n) is 2.35. The Balaban J connectivity index is 2.09. The summed E-state index contributed by atoms with van der Waals surface area (Å²) >= 11 is 5.62. The van der Waals surface area contributed by atoms with Crippen LogP contribution in [0.25, 0.3) is 0 Å². The first-order chi connectivity index (χ1) is 8.58. The lowest BCUT2D eigenvalue weighted by atomic mass is 10.2. The van der Waals surface area contributed by atoms with Crippen molar-refractivity contribution < 1.29 is 18.7 Å². The lowest BCUT2D eigenvalue weighted by Gasteiger charge is -2.06. The Hall–Kier alpha value is -2.01. The molecule has 2 aromatic rings. The largest absolute Gasteiger partial charge is 0.478 e. The smallest absolute Gasteiger partial charge is 0.339 e. The summed E-state index contributed by atoms with van der Waals surface area (Å²) in [6.07, 6.45) is 1.30. The maximum atomic E-state index is 12.9. The van der Waals surface area contributed by atoms with Gasteiger partial charge in [0.25, 0.3) is 0 Å². The van der Waals surface area contributed by atoms with E-state index in [1.165, 1.54) is 30.5 Å². The first-order valence-corrected chi connectivity index (χ1v) is 5.44. The van der Waals surface area contributed by atoms with Crippen LogP contribution in [-0.2, 0) is 6.54 Å². The number of halogens is 2. The van der Waals surface area contributed by atoms with Crippen LogP contribution in [0.2, 0.25) is 5.02 Å². The van der Waals surface area contributed by atoms with Gasteiger partial charge in [0.05, 0.1) is 17.8 Å². The van der Waals surface area contributed by atoms with Crippen molar-refractivity contribution in [1.29, 1.82) is 0 Å². The molecule has 1 aromatic carbocycles. The highest BCUT2D eigenvalue weighted by Gasteiger charge is 2.12. The lowest BCUT2D eigenvalue weighted by molar-refractivity contribution is 0.0694. The molecule has 0 fully saturated rings. The molecule has 1 aromatic heterocycles. The first-order valence-electron chi connectivity index (χ1n) is 5.06. The van der Waals surface area contributed by atoms with E-state index in [-0.39, 0.29) is 17.1 Å². The van der Waals surface area contributed by atoms with E-state index in [1.54, 1.807) is 0 Å².